The number of ether oxygens (including phenoxy) is 2. The molecule has 0 unspecified atom stereocenters. The quantitative estimate of drug-likeness (QED) is 0.107. The Labute approximate surface area is 265 Å². The topological polar surface area (TPSA) is 188 Å². The molecule has 2 amide bonds. The van der Waals surface area contributed by atoms with Gasteiger partial charge in [0, 0.05) is 23.8 Å². The van der Waals surface area contributed by atoms with Gasteiger partial charge in [-0.1, -0.05) is 48.2 Å². The highest BCUT2D eigenvalue weighted by molar-refractivity contribution is 8.01. The monoisotopic (exact) mass is 652 g/mol. The van der Waals surface area contributed by atoms with E-state index in [0.717, 1.165) is 17.3 Å². The van der Waals surface area contributed by atoms with Gasteiger partial charge in [0.25, 0.3) is 17.3 Å². The van der Waals surface area contributed by atoms with Crippen LogP contribution >= 0.6 is 23.1 Å². The Morgan fingerprint density at radius 2 is 1.82 bits per heavy atom. The highest BCUT2D eigenvalue weighted by Crippen LogP contribution is 2.39. The zero-order chi connectivity index (χ0) is 32.6. The maximum absolute atomic E-state index is 12.9. The summed E-state index contributed by atoms with van der Waals surface area (Å²) in [5.74, 6) is -0.692. The van der Waals surface area contributed by atoms with Crippen LogP contribution < -0.4 is 10.7 Å². The number of nitro benzene ring substituents is 2. The normalized spacial score (nSPS) is 12.2. The van der Waals surface area contributed by atoms with Crippen LogP contribution in [0.5, 0.6) is 0 Å². The molecule has 14 nitrogen and oxygen atoms in total. The minimum atomic E-state index is -1.15. The Bertz CT molecular complexity index is 1740. The van der Waals surface area contributed by atoms with Crippen molar-refractivity contribution in [3.8, 4) is 0 Å². The summed E-state index contributed by atoms with van der Waals surface area (Å²) in [4.78, 5) is 51.8. The lowest BCUT2D eigenvalue weighted by molar-refractivity contribution is -0.387. The average Bonchev–Trinajstić information content (AvgIpc) is 3.38. The van der Waals surface area contributed by atoms with Crippen LogP contribution in [0, 0.1) is 20.2 Å². The summed E-state index contributed by atoms with van der Waals surface area (Å²) in [6.45, 7) is 5.09. The average molecular weight is 653 g/mol. The predicted octanol–water partition coefficient (Wildman–Crippen LogP) is 5.82. The third-order valence-corrected chi connectivity index (χ3v) is 7.88. The smallest absolute Gasteiger partial charge is 0.408 e. The molecule has 1 heterocycles. The lowest BCUT2D eigenvalue weighted by Gasteiger charge is -2.22. The first-order valence-electron chi connectivity index (χ1n) is 13.3. The Kier molecular flexibility index (Phi) is 10.8. The Hall–Kier alpha value is -4.93. The summed E-state index contributed by atoms with van der Waals surface area (Å²) in [6.07, 6.45) is 0.413. The zero-order valence-corrected chi connectivity index (χ0v) is 25.9. The van der Waals surface area contributed by atoms with E-state index < -0.39 is 33.5 Å². The van der Waals surface area contributed by atoms with Gasteiger partial charge in [-0.25, -0.2) is 15.2 Å². The zero-order valence-electron chi connectivity index (χ0n) is 24.3. The van der Waals surface area contributed by atoms with E-state index >= 15 is 0 Å². The number of thiazole rings is 1. The maximum Gasteiger partial charge on any atom is 0.408 e. The van der Waals surface area contributed by atoms with E-state index in [1.807, 2.05) is 30.3 Å². The Morgan fingerprint density at radius 3 is 2.51 bits per heavy atom. The molecule has 4 rings (SSSR count). The van der Waals surface area contributed by atoms with E-state index in [1.54, 1.807) is 26.8 Å². The van der Waals surface area contributed by atoms with Crippen LogP contribution in [0.2, 0.25) is 0 Å². The van der Waals surface area contributed by atoms with Gasteiger partial charge in [-0.2, -0.15) is 5.10 Å². The number of hydrazone groups is 1. The number of alkyl carbamates (subject to hydrolysis) is 1. The van der Waals surface area contributed by atoms with Crippen LogP contribution in [-0.4, -0.2) is 51.3 Å². The van der Waals surface area contributed by atoms with Crippen molar-refractivity contribution in [2.45, 2.75) is 48.3 Å². The van der Waals surface area contributed by atoms with Gasteiger partial charge in [0.2, 0.25) is 0 Å². The SMILES string of the molecule is CC(C)(C)OC(=O)N[C@@H](COCc1ccccc1)C(=O)N/N=C\c1ccc(Sc2nc3ccc([N+](=O)[O-])cc3s2)c([N+](=O)[O-])c1. The van der Waals surface area contributed by atoms with Gasteiger partial charge in [-0.05, 0) is 38.5 Å². The molecular formula is C29H28N6O8S2. The van der Waals surface area contributed by atoms with E-state index in [-0.39, 0.29) is 24.6 Å². The van der Waals surface area contributed by atoms with E-state index in [2.05, 4.69) is 20.8 Å². The summed E-state index contributed by atoms with van der Waals surface area (Å²) < 4.78 is 12.0. The van der Waals surface area contributed by atoms with E-state index in [0.29, 0.717) is 25.0 Å². The van der Waals surface area contributed by atoms with Crippen molar-refractivity contribution in [2.24, 2.45) is 5.10 Å². The third-order valence-electron chi connectivity index (χ3n) is 5.73. The molecule has 4 aromatic rings. The summed E-state index contributed by atoms with van der Waals surface area (Å²) in [6, 6.07) is 16.8. The van der Waals surface area contributed by atoms with Gasteiger partial charge in [-0.3, -0.25) is 25.0 Å². The highest BCUT2D eigenvalue weighted by Gasteiger charge is 2.25. The summed E-state index contributed by atoms with van der Waals surface area (Å²) >= 11 is 2.24. The van der Waals surface area contributed by atoms with Crippen LogP contribution in [0.15, 0.2) is 81.1 Å². The van der Waals surface area contributed by atoms with Gasteiger partial charge in [0.05, 0.1) is 44.4 Å². The number of amides is 2. The lowest BCUT2D eigenvalue weighted by atomic mass is 10.2. The van der Waals surface area contributed by atoms with Crippen molar-refractivity contribution >= 4 is 62.9 Å². The second-order valence-electron chi connectivity index (χ2n) is 10.4. The number of hydrogen-bond acceptors (Lipinski definition) is 12. The fourth-order valence-electron chi connectivity index (χ4n) is 3.74. The van der Waals surface area contributed by atoms with Crippen molar-refractivity contribution in [3.05, 3.63) is 98.1 Å². The molecule has 0 fully saturated rings. The van der Waals surface area contributed by atoms with Crippen LogP contribution in [0.1, 0.15) is 31.9 Å². The van der Waals surface area contributed by atoms with Gasteiger partial charge in [0.1, 0.15) is 11.6 Å². The largest absolute Gasteiger partial charge is 0.444 e. The second-order valence-corrected chi connectivity index (χ2v) is 12.7. The molecule has 1 aromatic heterocycles. The third kappa shape index (κ3) is 9.79. The maximum atomic E-state index is 12.9. The van der Waals surface area contributed by atoms with Crippen molar-refractivity contribution in [3.63, 3.8) is 0 Å². The van der Waals surface area contributed by atoms with E-state index in [9.17, 15) is 29.8 Å². The summed E-state index contributed by atoms with van der Waals surface area (Å²) in [5.41, 5.74) is 2.98. The number of fused-ring (bicyclic) bond motifs is 1. The molecule has 16 heteroatoms. The number of hydrogen-bond donors (Lipinski definition) is 2. The van der Waals surface area contributed by atoms with Crippen molar-refractivity contribution in [2.75, 3.05) is 6.61 Å². The van der Waals surface area contributed by atoms with Crippen molar-refractivity contribution in [1.29, 1.82) is 0 Å². The number of carbonyl (C=O) groups is 2. The molecule has 234 valence electrons. The molecule has 0 radical (unpaired) electrons. The number of nitro groups is 2. The number of carbonyl (C=O) groups excluding carboxylic acids is 2. The lowest BCUT2D eigenvalue weighted by Crippen LogP contribution is -2.49. The van der Waals surface area contributed by atoms with E-state index in [4.69, 9.17) is 9.47 Å². The predicted molar refractivity (Wildman–Crippen MR) is 168 cm³/mol. The van der Waals surface area contributed by atoms with Gasteiger partial charge in [0.15, 0.2) is 4.34 Å². The molecule has 0 aliphatic rings. The van der Waals surface area contributed by atoms with Crippen LogP contribution in [-0.2, 0) is 20.9 Å². The molecule has 3 aromatic carbocycles. The molecule has 1 atom stereocenters. The fraction of sp³-hybridized carbons (Fsp3) is 0.241. The number of non-ortho nitro benzene ring substituents is 1. The molecular weight excluding hydrogens is 624 g/mol. The highest BCUT2D eigenvalue weighted by atomic mass is 32.2. The van der Waals surface area contributed by atoms with E-state index in [1.165, 1.54) is 47.9 Å². The van der Waals surface area contributed by atoms with Gasteiger partial charge >= 0.3 is 6.09 Å². The van der Waals surface area contributed by atoms with Gasteiger partial charge in [-0.15, -0.1) is 11.3 Å². The molecule has 0 spiro atoms. The minimum absolute atomic E-state index is 0.0731. The Morgan fingerprint density at radius 1 is 1.07 bits per heavy atom. The van der Waals surface area contributed by atoms with Gasteiger partial charge < -0.3 is 14.8 Å². The Balaban J connectivity index is 1.43. The first-order chi connectivity index (χ1) is 21.4. The fourth-order valence-corrected chi connectivity index (χ4v) is 5.88. The number of rotatable bonds is 12. The first-order valence-corrected chi connectivity index (χ1v) is 15.0. The van der Waals surface area contributed by atoms with Crippen molar-refractivity contribution in [1.82, 2.24) is 15.7 Å². The molecule has 2 N–H and O–H groups in total. The van der Waals surface area contributed by atoms with Crippen molar-refractivity contribution < 1.29 is 28.9 Å². The number of nitrogens with one attached hydrogen (secondary N) is 2. The first kappa shape index (κ1) is 33.0. The minimum Gasteiger partial charge on any atom is -0.444 e. The second kappa shape index (κ2) is 14.7. The number of benzene rings is 3. The molecule has 0 saturated carbocycles. The molecule has 0 aliphatic carbocycles. The number of nitrogens with zero attached hydrogens (tertiary/aromatic N) is 4. The number of aromatic nitrogens is 1. The summed E-state index contributed by atoms with van der Waals surface area (Å²) in [7, 11) is 0. The molecule has 0 aliphatic heterocycles. The molecule has 0 bridgehead atoms. The van der Waals surface area contributed by atoms with Crippen LogP contribution in [0.4, 0.5) is 16.2 Å². The van der Waals surface area contributed by atoms with Crippen LogP contribution in [0.25, 0.3) is 10.2 Å². The standard InChI is InChI=1S/C29H28N6O8S2/c1-29(2,3)43-27(37)31-22(17-42-16-18-7-5-4-6-8-18)26(36)33-30-15-19-9-12-24(23(13-19)35(40)41)44-28-32-21-11-10-20(34(38)39)14-25(21)45-28/h4-15,22H,16-17H2,1-3H3,(H,31,37)(H,33,36)/b30-15-/t22-/m0/s1. The molecule has 0 saturated heterocycles. The van der Waals surface area contributed by atoms with Crippen LogP contribution in [0.3, 0.4) is 0 Å². The summed E-state index contributed by atoms with van der Waals surface area (Å²) in [5, 5.41) is 29.3. The molecule has 45 heavy (non-hydrogen) atoms.